The number of Topliss-reactive ketones (excluding diaryl/α,β-unsaturated/α-hetero) is 1. The monoisotopic (exact) mass is 479 g/mol. The second-order valence-corrected chi connectivity index (χ2v) is 8.44. The number of carbonyl (C=O) groups is 2. The SMILES string of the molecule is CC(=O)N1CCN(c2ccc3ncn(CC(=O)CCc4c(F)cc(C#N)cc4F)c(=O)c3c2)CC1. The molecule has 1 saturated heterocycles. The molecule has 180 valence electrons. The Morgan fingerprint density at radius 1 is 1.09 bits per heavy atom. The number of nitrogens with zero attached hydrogens (tertiary/aromatic N) is 5. The first-order chi connectivity index (χ1) is 16.8. The van der Waals surface area contributed by atoms with Crippen molar-refractivity contribution in [3.63, 3.8) is 0 Å². The predicted molar refractivity (Wildman–Crippen MR) is 125 cm³/mol. The number of benzene rings is 2. The zero-order valence-electron chi connectivity index (χ0n) is 19.1. The number of aromatic nitrogens is 2. The average Bonchev–Trinajstić information content (AvgIpc) is 2.85. The molecule has 0 N–H and O–H groups in total. The molecule has 0 atom stereocenters. The topological polar surface area (TPSA) is 99.3 Å². The highest BCUT2D eigenvalue weighted by Gasteiger charge is 2.20. The third-order valence-corrected chi connectivity index (χ3v) is 6.17. The predicted octanol–water partition coefficient (Wildman–Crippen LogP) is 2.42. The molecule has 0 unspecified atom stereocenters. The third-order valence-electron chi connectivity index (χ3n) is 6.17. The van der Waals surface area contributed by atoms with E-state index in [-0.39, 0.29) is 47.8 Å². The zero-order chi connectivity index (χ0) is 25.1. The molecular formula is C25H23F2N5O3. The van der Waals surface area contributed by atoms with Crippen LogP contribution in [-0.4, -0.2) is 52.3 Å². The molecule has 0 aliphatic carbocycles. The van der Waals surface area contributed by atoms with Crippen molar-refractivity contribution in [3.8, 4) is 6.07 Å². The van der Waals surface area contributed by atoms with Crippen molar-refractivity contribution in [1.82, 2.24) is 14.5 Å². The van der Waals surface area contributed by atoms with Crippen LogP contribution in [0.3, 0.4) is 0 Å². The van der Waals surface area contributed by atoms with Crippen LogP contribution in [0, 0.1) is 23.0 Å². The zero-order valence-corrected chi connectivity index (χ0v) is 19.1. The molecule has 1 aliphatic rings. The smallest absolute Gasteiger partial charge is 0.261 e. The van der Waals surface area contributed by atoms with Crippen LogP contribution >= 0.6 is 0 Å². The summed E-state index contributed by atoms with van der Waals surface area (Å²) in [5.41, 5.74) is 0.533. The minimum absolute atomic E-state index is 0.0320. The Morgan fingerprint density at radius 3 is 2.40 bits per heavy atom. The quantitative estimate of drug-likeness (QED) is 0.539. The Hall–Kier alpha value is -4.13. The van der Waals surface area contributed by atoms with E-state index in [1.54, 1.807) is 30.0 Å². The number of anilines is 1. The molecule has 0 spiro atoms. The number of amides is 1. The molecule has 0 saturated carbocycles. The van der Waals surface area contributed by atoms with Crippen LogP contribution < -0.4 is 10.5 Å². The molecule has 3 aromatic rings. The third kappa shape index (κ3) is 5.19. The van der Waals surface area contributed by atoms with E-state index in [4.69, 9.17) is 5.26 Å². The van der Waals surface area contributed by atoms with Gasteiger partial charge in [-0.1, -0.05) is 0 Å². The molecule has 10 heteroatoms. The van der Waals surface area contributed by atoms with E-state index < -0.39 is 11.6 Å². The van der Waals surface area contributed by atoms with Gasteiger partial charge in [-0.15, -0.1) is 0 Å². The van der Waals surface area contributed by atoms with Crippen LogP contribution in [0.4, 0.5) is 14.5 Å². The first-order valence-electron chi connectivity index (χ1n) is 11.2. The van der Waals surface area contributed by atoms with E-state index in [0.29, 0.717) is 37.1 Å². The Balaban J connectivity index is 1.47. The van der Waals surface area contributed by atoms with Gasteiger partial charge in [0.25, 0.3) is 5.56 Å². The maximum absolute atomic E-state index is 14.1. The number of nitriles is 1. The summed E-state index contributed by atoms with van der Waals surface area (Å²) in [4.78, 5) is 45.2. The molecule has 8 nitrogen and oxygen atoms in total. The summed E-state index contributed by atoms with van der Waals surface area (Å²) < 4.78 is 29.3. The van der Waals surface area contributed by atoms with Gasteiger partial charge in [-0.25, -0.2) is 13.8 Å². The summed E-state index contributed by atoms with van der Waals surface area (Å²) in [7, 11) is 0. The Bertz CT molecular complexity index is 1380. The fourth-order valence-corrected chi connectivity index (χ4v) is 4.18. The molecule has 1 aromatic heterocycles. The van der Waals surface area contributed by atoms with Crippen molar-refractivity contribution in [2.45, 2.75) is 26.3 Å². The van der Waals surface area contributed by atoms with Gasteiger partial charge in [0.05, 0.1) is 35.4 Å². The van der Waals surface area contributed by atoms with Crippen molar-refractivity contribution >= 4 is 28.3 Å². The second-order valence-electron chi connectivity index (χ2n) is 8.44. The van der Waals surface area contributed by atoms with Crippen LogP contribution in [-0.2, 0) is 22.6 Å². The number of piperazine rings is 1. The van der Waals surface area contributed by atoms with Gasteiger partial charge < -0.3 is 9.80 Å². The molecule has 0 bridgehead atoms. The van der Waals surface area contributed by atoms with Gasteiger partial charge in [0.2, 0.25) is 5.91 Å². The number of hydrogen-bond donors (Lipinski definition) is 0. The lowest BCUT2D eigenvalue weighted by atomic mass is 10.0. The maximum Gasteiger partial charge on any atom is 0.261 e. The molecule has 2 aromatic carbocycles. The minimum atomic E-state index is -0.879. The average molecular weight is 479 g/mol. The number of hydrogen-bond acceptors (Lipinski definition) is 6. The molecular weight excluding hydrogens is 456 g/mol. The van der Waals surface area contributed by atoms with Crippen LogP contribution in [0.25, 0.3) is 10.9 Å². The first-order valence-corrected chi connectivity index (χ1v) is 11.2. The van der Waals surface area contributed by atoms with Crippen LogP contribution in [0.15, 0.2) is 41.5 Å². The lowest BCUT2D eigenvalue weighted by Gasteiger charge is -2.35. The standard InChI is InChI=1S/C25H23F2N5O3/c1-16(33)30-6-8-31(9-7-30)18-2-5-24-21(12-18)25(35)32(15-29-24)14-19(34)3-4-20-22(26)10-17(13-28)11-23(20)27/h2,5,10-12,15H,3-4,6-9,14H2,1H3. The lowest BCUT2D eigenvalue weighted by molar-refractivity contribution is -0.129. The van der Waals surface area contributed by atoms with Crippen molar-refractivity contribution < 1.29 is 18.4 Å². The van der Waals surface area contributed by atoms with Gasteiger partial charge in [0.15, 0.2) is 5.78 Å². The van der Waals surface area contributed by atoms with Gasteiger partial charge in [-0.05, 0) is 36.8 Å². The fourth-order valence-electron chi connectivity index (χ4n) is 4.18. The summed E-state index contributed by atoms with van der Waals surface area (Å²) in [6, 6.07) is 8.88. The summed E-state index contributed by atoms with van der Waals surface area (Å²) in [6.07, 6.45) is 0.926. The van der Waals surface area contributed by atoms with Gasteiger partial charge in [-0.2, -0.15) is 5.26 Å². The summed E-state index contributed by atoms with van der Waals surface area (Å²) in [5, 5.41) is 9.15. The Kier molecular flexibility index (Phi) is 6.87. The fraction of sp³-hybridized carbons (Fsp3) is 0.320. The van der Waals surface area contributed by atoms with Crippen LogP contribution in [0.5, 0.6) is 0 Å². The number of rotatable bonds is 6. The molecule has 0 radical (unpaired) electrons. The molecule has 4 rings (SSSR count). The normalized spacial score (nSPS) is 13.7. The van der Waals surface area contributed by atoms with Crippen molar-refractivity contribution in [3.05, 3.63) is 69.8 Å². The van der Waals surface area contributed by atoms with Crippen molar-refractivity contribution in [2.24, 2.45) is 0 Å². The van der Waals surface area contributed by atoms with E-state index >= 15 is 0 Å². The minimum Gasteiger partial charge on any atom is -0.368 e. The van der Waals surface area contributed by atoms with E-state index in [2.05, 4.69) is 9.88 Å². The van der Waals surface area contributed by atoms with Gasteiger partial charge in [-0.3, -0.25) is 19.0 Å². The lowest BCUT2D eigenvalue weighted by Crippen LogP contribution is -2.48. The number of fused-ring (bicyclic) bond motifs is 1. The molecule has 35 heavy (non-hydrogen) atoms. The highest BCUT2D eigenvalue weighted by molar-refractivity contribution is 5.83. The van der Waals surface area contributed by atoms with E-state index in [9.17, 15) is 23.2 Å². The van der Waals surface area contributed by atoms with Crippen molar-refractivity contribution in [2.75, 3.05) is 31.1 Å². The summed E-state index contributed by atoms with van der Waals surface area (Å²) in [5.74, 6) is -2.11. The molecule has 1 amide bonds. The Morgan fingerprint density at radius 2 is 1.77 bits per heavy atom. The first kappa shape index (κ1) is 24.0. The van der Waals surface area contributed by atoms with E-state index in [0.717, 1.165) is 17.8 Å². The van der Waals surface area contributed by atoms with E-state index in [1.165, 1.54) is 10.9 Å². The van der Waals surface area contributed by atoms with Gasteiger partial charge in [0, 0.05) is 50.8 Å². The highest BCUT2D eigenvalue weighted by atomic mass is 19.1. The summed E-state index contributed by atoms with van der Waals surface area (Å²) in [6.45, 7) is 3.74. The van der Waals surface area contributed by atoms with Gasteiger partial charge >= 0.3 is 0 Å². The number of carbonyl (C=O) groups excluding carboxylic acids is 2. The summed E-state index contributed by atoms with van der Waals surface area (Å²) >= 11 is 0. The number of ketones is 1. The van der Waals surface area contributed by atoms with Crippen LogP contribution in [0.2, 0.25) is 0 Å². The van der Waals surface area contributed by atoms with Gasteiger partial charge in [0.1, 0.15) is 11.6 Å². The second kappa shape index (κ2) is 10.0. The molecule has 1 fully saturated rings. The highest BCUT2D eigenvalue weighted by Crippen LogP contribution is 2.21. The molecule has 1 aliphatic heterocycles. The maximum atomic E-state index is 14.1. The largest absolute Gasteiger partial charge is 0.368 e. The van der Waals surface area contributed by atoms with Crippen molar-refractivity contribution in [1.29, 1.82) is 5.26 Å². The van der Waals surface area contributed by atoms with Crippen LogP contribution in [0.1, 0.15) is 24.5 Å². The number of halogens is 2. The molecule has 2 heterocycles. The van der Waals surface area contributed by atoms with E-state index in [1.807, 2.05) is 6.07 Å². The Labute approximate surface area is 200 Å².